The van der Waals surface area contributed by atoms with E-state index in [1.807, 2.05) is 74.5 Å². The molecule has 1 unspecified atom stereocenters. The Balaban J connectivity index is 2.31. The molecule has 0 aromatic heterocycles. The van der Waals surface area contributed by atoms with E-state index in [4.69, 9.17) is 40.5 Å². The monoisotopic (exact) mass is 613 g/mol. The average molecular weight is 614 g/mol. The minimum Gasteiger partial charge on any atom is -0.246 e. The first-order chi connectivity index (χ1) is 17.5. The van der Waals surface area contributed by atoms with Crippen molar-refractivity contribution in [2.45, 2.75) is 0 Å². The van der Waals surface area contributed by atoms with E-state index in [0.29, 0.717) is 0 Å². The van der Waals surface area contributed by atoms with E-state index in [-0.39, 0.29) is 0 Å². The van der Waals surface area contributed by atoms with E-state index in [0.717, 1.165) is 15.9 Å². The summed E-state index contributed by atoms with van der Waals surface area (Å²) in [4.78, 5) is 0. The molecule has 37 heavy (non-hydrogen) atoms. The molecule has 1 atom stereocenters. The number of hydrogen-bond donors (Lipinski definition) is 0. The Bertz CT molecular complexity index is 1350. The Kier molecular flexibility index (Phi) is 8.84. The summed E-state index contributed by atoms with van der Waals surface area (Å²) in [5.41, 5.74) is 0. The van der Waals surface area contributed by atoms with Crippen molar-refractivity contribution in [3.8, 4) is 0 Å². The van der Waals surface area contributed by atoms with Gasteiger partial charge in [-0.2, -0.15) is 13.5 Å². The van der Waals surface area contributed by atoms with Gasteiger partial charge in [0, 0.05) is 15.9 Å². The summed E-state index contributed by atoms with van der Waals surface area (Å²) in [6, 6.07) is 31.4. The first kappa shape index (κ1) is 29.0. The summed E-state index contributed by atoms with van der Waals surface area (Å²) >= 11 is 13.9. The fraction of sp³-hybridized carbons (Fsp3) is 0.250. The number of halogens is 2. The van der Waals surface area contributed by atoms with Crippen molar-refractivity contribution < 1.29 is 0 Å². The van der Waals surface area contributed by atoms with E-state index in [2.05, 4.69) is 72.8 Å². The van der Waals surface area contributed by atoms with Gasteiger partial charge in [-0.25, -0.2) is 18.5 Å². The van der Waals surface area contributed by atoms with Crippen molar-refractivity contribution in [2.24, 2.45) is 18.1 Å². The van der Waals surface area contributed by atoms with Crippen molar-refractivity contribution in [1.29, 1.82) is 0 Å². The van der Waals surface area contributed by atoms with Crippen LogP contribution in [0.1, 0.15) is 0 Å². The summed E-state index contributed by atoms with van der Waals surface area (Å²) in [5.74, 6) is -3.10. The number of nitrogens with zero attached hydrogens (tertiary/aromatic N) is 7. The zero-order valence-corrected chi connectivity index (χ0v) is 26.9. The fourth-order valence-electron chi connectivity index (χ4n) is 4.17. The molecule has 0 amide bonds. The molecule has 0 radical (unpaired) electrons. The number of rotatable bonds is 7. The van der Waals surface area contributed by atoms with E-state index >= 15 is 0 Å². The summed E-state index contributed by atoms with van der Waals surface area (Å²) in [7, 11) is 3.53. The maximum atomic E-state index is 6.95. The van der Waals surface area contributed by atoms with Gasteiger partial charge in [-0.05, 0) is 64.8 Å². The van der Waals surface area contributed by atoms with Gasteiger partial charge in [0.05, 0.1) is 7.05 Å². The predicted octanol–water partition coefficient (Wildman–Crippen LogP) is 8.18. The largest absolute Gasteiger partial charge is 0.264 e. The van der Waals surface area contributed by atoms with E-state index < -0.39 is 28.0 Å². The van der Waals surface area contributed by atoms with Crippen molar-refractivity contribution >= 4 is 66.4 Å². The van der Waals surface area contributed by atoms with Crippen molar-refractivity contribution in [3.05, 3.63) is 91.0 Å². The number of hydrogen-bond acceptors (Lipinski definition) is 7. The molecule has 13 heteroatoms. The summed E-state index contributed by atoms with van der Waals surface area (Å²) < 4.78 is 27.4. The molecule has 0 spiro atoms. The maximum Gasteiger partial charge on any atom is 0.264 e. The Hall–Kier alpha value is -0.960. The topological polar surface area (TPSA) is 59.2 Å². The lowest BCUT2D eigenvalue weighted by molar-refractivity contribution is 0.561. The van der Waals surface area contributed by atoms with Gasteiger partial charge in [-0.3, -0.25) is 0 Å². The lowest BCUT2D eigenvalue weighted by Gasteiger charge is -2.40. The second-order valence-electron chi connectivity index (χ2n) is 9.07. The summed E-state index contributed by atoms with van der Waals surface area (Å²) in [5, 5.41) is 3.36. The highest BCUT2D eigenvalue weighted by Gasteiger charge is 2.42. The Morgan fingerprint density at radius 1 is 0.568 bits per heavy atom. The molecule has 0 saturated heterocycles. The van der Waals surface area contributed by atoms with Crippen molar-refractivity contribution in [3.63, 3.8) is 0 Å². The standard InChI is InChI=1S/C24H33Cl2N7P4/c1-31(2)36(28-35(25,26)29-37(30-36,32(3)4)33(5)6)27-34(22-16-10-7-11-17-22,23-18-12-8-13-19-23)24-20-14-9-15-21-24/h7-21H,1-6H3. The van der Waals surface area contributed by atoms with E-state index in [1.54, 1.807) is 0 Å². The molecule has 3 aromatic carbocycles. The molecule has 1 heterocycles. The normalized spacial score (nSPS) is 20.7. The third-order valence-corrected chi connectivity index (χ3v) is 22.3. The third-order valence-electron chi connectivity index (χ3n) is 5.95. The third kappa shape index (κ3) is 5.55. The molecule has 0 N–H and O–H groups in total. The molecule has 3 aromatic rings. The van der Waals surface area contributed by atoms with Crippen LogP contribution in [0.2, 0.25) is 0 Å². The highest BCUT2D eigenvalue weighted by molar-refractivity contribution is 8.13. The second-order valence-corrected chi connectivity index (χ2v) is 23.6. The van der Waals surface area contributed by atoms with Crippen LogP contribution >= 0.6 is 50.5 Å². The van der Waals surface area contributed by atoms with Gasteiger partial charge in [-0.15, -0.1) is 0 Å². The molecule has 0 bridgehead atoms. The first-order valence-corrected chi connectivity index (χ1v) is 20.1. The molecule has 7 nitrogen and oxygen atoms in total. The van der Waals surface area contributed by atoms with Gasteiger partial charge in [0.25, 0.3) is 13.4 Å². The van der Waals surface area contributed by atoms with Gasteiger partial charge in [0.1, 0.15) is 0 Å². The van der Waals surface area contributed by atoms with Crippen LogP contribution in [-0.4, -0.2) is 56.3 Å². The average Bonchev–Trinajstić information content (AvgIpc) is 2.87. The maximum absolute atomic E-state index is 6.95. The molecule has 0 saturated carbocycles. The summed E-state index contributed by atoms with van der Waals surface area (Å²) in [6.45, 7) is 0. The summed E-state index contributed by atoms with van der Waals surface area (Å²) in [6.07, 6.45) is 0. The second kappa shape index (κ2) is 11.3. The smallest absolute Gasteiger partial charge is 0.246 e. The van der Waals surface area contributed by atoms with Crippen LogP contribution < -0.4 is 15.9 Å². The quantitative estimate of drug-likeness (QED) is 0.252. The minimum atomic E-state index is -3.10. The fourth-order valence-corrected chi connectivity index (χ4v) is 23.9. The Morgan fingerprint density at radius 2 is 0.946 bits per heavy atom. The first-order valence-electron chi connectivity index (χ1n) is 11.6. The van der Waals surface area contributed by atoms with Gasteiger partial charge in [0.2, 0.25) is 7.51 Å². The minimum absolute atomic E-state index is 1.12. The molecule has 1 aliphatic heterocycles. The Labute approximate surface area is 231 Å². The van der Waals surface area contributed by atoms with Crippen LogP contribution in [0, 0.1) is 0 Å². The molecule has 0 fully saturated rings. The zero-order chi connectivity index (χ0) is 26.9. The molecular weight excluding hydrogens is 581 g/mol. The van der Waals surface area contributed by atoms with E-state index in [1.165, 1.54) is 0 Å². The van der Waals surface area contributed by atoms with Crippen LogP contribution in [-0.2, 0) is 0 Å². The van der Waals surface area contributed by atoms with Crippen LogP contribution in [0.25, 0.3) is 0 Å². The molecule has 1 aliphatic rings. The Morgan fingerprint density at radius 3 is 1.27 bits per heavy atom. The van der Waals surface area contributed by atoms with Crippen LogP contribution in [0.5, 0.6) is 0 Å². The van der Waals surface area contributed by atoms with E-state index in [9.17, 15) is 0 Å². The predicted molar refractivity (Wildman–Crippen MR) is 168 cm³/mol. The van der Waals surface area contributed by atoms with Gasteiger partial charge in [0.15, 0.2) is 0 Å². The molecule has 4 rings (SSSR count). The highest BCUT2D eigenvalue weighted by atomic mass is 35.9. The van der Waals surface area contributed by atoms with Gasteiger partial charge < -0.3 is 0 Å². The van der Waals surface area contributed by atoms with Crippen LogP contribution in [0.3, 0.4) is 0 Å². The van der Waals surface area contributed by atoms with Crippen LogP contribution in [0.15, 0.2) is 109 Å². The molecule has 198 valence electrons. The molecule has 0 aliphatic carbocycles. The van der Waals surface area contributed by atoms with Crippen LogP contribution in [0.4, 0.5) is 0 Å². The lowest BCUT2D eigenvalue weighted by atomic mass is 10.4. The van der Waals surface area contributed by atoms with Gasteiger partial charge in [-0.1, -0.05) is 91.0 Å². The van der Waals surface area contributed by atoms with Crippen molar-refractivity contribution in [1.82, 2.24) is 14.0 Å². The van der Waals surface area contributed by atoms with Gasteiger partial charge >= 0.3 is 0 Å². The lowest BCUT2D eigenvalue weighted by Crippen LogP contribution is -2.26. The number of benzene rings is 3. The highest BCUT2D eigenvalue weighted by Crippen LogP contribution is 2.85. The SMILES string of the molecule is CN(C)P1(N=P(c2ccccc2)(c2ccccc2)c2ccccc2)=NP(N(C)C)(N(C)C)=NP(Cl)(Cl)=N1. The van der Waals surface area contributed by atoms with Crippen molar-refractivity contribution in [2.75, 3.05) is 42.3 Å². The molecular formula is C24H33Cl2N7P4. The zero-order valence-electron chi connectivity index (χ0n) is 21.8.